The van der Waals surface area contributed by atoms with Crippen molar-refractivity contribution in [2.75, 3.05) is 6.61 Å². The molecule has 3 fully saturated rings. The quantitative estimate of drug-likeness (QED) is 0.653. The third kappa shape index (κ3) is 2.84. The zero-order valence-corrected chi connectivity index (χ0v) is 18.1. The summed E-state index contributed by atoms with van der Waals surface area (Å²) in [4.78, 5) is 16.5. The van der Waals surface area contributed by atoms with E-state index in [9.17, 15) is 4.79 Å². The third-order valence-corrected chi connectivity index (χ3v) is 7.00. The summed E-state index contributed by atoms with van der Waals surface area (Å²) in [5, 5.41) is 9.74. The standard InChI is InChI=1S/C23H25N5O4/c1-13(19-9-28(27-26-19)23-11-22(2,12-23)32-20(23)21(24)29)31-15-3-4-18-17(7-15)16-5-6-30-10-14(16)8-25-18/h3-4,7-9,13,20H,5-6,10-12H2,1-2H3,(H2,24,29). The minimum atomic E-state index is -0.693. The number of hydrogen-bond donors (Lipinski definition) is 1. The fraction of sp³-hybridized carbons (Fsp3) is 0.478. The average Bonchev–Trinajstić information content (AvgIpc) is 3.44. The highest BCUT2D eigenvalue weighted by Gasteiger charge is 2.69. The summed E-state index contributed by atoms with van der Waals surface area (Å²) in [7, 11) is 0. The molecule has 0 spiro atoms. The first-order chi connectivity index (χ1) is 15.4. The van der Waals surface area contributed by atoms with E-state index in [1.807, 2.05) is 44.4 Å². The maximum Gasteiger partial charge on any atom is 0.249 e. The largest absolute Gasteiger partial charge is 0.484 e. The summed E-state index contributed by atoms with van der Waals surface area (Å²) in [6.45, 7) is 5.24. The molecule has 3 aromatic rings. The van der Waals surface area contributed by atoms with Gasteiger partial charge in [0.1, 0.15) is 23.1 Å². The summed E-state index contributed by atoms with van der Waals surface area (Å²) < 4.78 is 19.4. The number of ether oxygens (including phenoxy) is 3. The van der Waals surface area contributed by atoms with Gasteiger partial charge in [-0.2, -0.15) is 0 Å². The van der Waals surface area contributed by atoms with E-state index in [0.717, 1.165) is 28.6 Å². The molecule has 2 unspecified atom stereocenters. The molecule has 2 saturated heterocycles. The van der Waals surface area contributed by atoms with Crippen molar-refractivity contribution in [3.05, 3.63) is 47.4 Å². The van der Waals surface area contributed by atoms with Crippen molar-refractivity contribution in [1.82, 2.24) is 20.0 Å². The first kappa shape index (κ1) is 19.6. The Kier molecular flexibility index (Phi) is 4.13. The Morgan fingerprint density at radius 2 is 2.22 bits per heavy atom. The Labute approximate surface area is 184 Å². The molecule has 0 radical (unpaired) electrons. The summed E-state index contributed by atoms with van der Waals surface area (Å²) in [6.07, 6.45) is 4.98. The predicted molar refractivity (Wildman–Crippen MR) is 114 cm³/mol. The minimum absolute atomic E-state index is 0.322. The Hall–Kier alpha value is -3.04. The van der Waals surface area contributed by atoms with Crippen LogP contribution in [-0.2, 0) is 32.8 Å². The van der Waals surface area contributed by atoms with E-state index in [1.54, 1.807) is 4.68 Å². The minimum Gasteiger partial charge on any atom is -0.484 e. The van der Waals surface area contributed by atoms with E-state index in [1.165, 1.54) is 5.56 Å². The van der Waals surface area contributed by atoms with Crippen LogP contribution in [0, 0.1) is 0 Å². The van der Waals surface area contributed by atoms with Gasteiger partial charge in [-0.3, -0.25) is 9.78 Å². The van der Waals surface area contributed by atoms with E-state index >= 15 is 0 Å². The molecule has 32 heavy (non-hydrogen) atoms. The maximum absolute atomic E-state index is 11.9. The van der Waals surface area contributed by atoms with Crippen LogP contribution in [0.1, 0.15) is 49.6 Å². The van der Waals surface area contributed by atoms with Crippen LogP contribution in [0.25, 0.3) is 10.9 Å². The number of amides is 1. The number of hydrogen-bond acceptors (Lipinski definition) is 7. The van der Waals surface area contributed by atoms with Crippen LogP contribution in [0.3, 0.4) is 0 Å². The number of nitrogens with two attached hydrogens (primary N) is 1. The van der Waals surface area contributed by atoms with Crippen molar-refractivity contribution in [3.63, 3.8) is 0 Å². The maximum atomic E-state index is 11.9. The average molecular weight is 435 g/mol. The van der Waals surface area contributed by atoms with Crippen LogP contribution in [0.2, 0.25) is 0 Å². The van der Waals surface area contributed by atoms with Crippen LogP contribution in [0.4, 0.5) is 0 Å². The molecule has 3 aliphatic heterocycles. The van der Waals surface area contributed by atoms with Crippen molar-refractivity contribution < 1.29 is 19.0 Å². The molecule has 1 aliphatic carbocycles. The highest BCUT2D eigenvalue weighted by atomic mass is 16.5. The third-order valence-electron chi connectivity index (χ3n) is 7.00. The number of fused-ring (bicyclic) bond motifs is 4. The first-order valence-electron chi connectivity index (χ1n) is 10.9. The topological polar surface area (TPSA) is 114 Å². The van der Waals surface area contributed by atoms with Gasteiger partial charge < -0.3 is 19.9 Å². The van der Waals surface area contributed by atoms with Gasteiger partial charge in [0.05, 0.1) is 30.5 Å². The summed E-state index contributed by atoms with van der Waals surface area (Å²) in [5.41, 5.74) is 8.76. The summed E-state index contributed by atoms with van der Waals surface area (Å²) >= 11 is 0. The van der Waals surface area contributed by atoms with E-state index in [4.69, 9.17) is 19.9 Å². The van der Waals surface area contributed by atoms with E-state index < -0.39 is 17.6 Å². The monoisotopic (exact) mass is 435 g/mol. The van der Waals surface area contributed by atoms with Crippen LogP contribution in [-0.4, -0.2) is 44.2 Å². The van der Waals surface area contributed by atoms with Gasteiger partial charge in [0.2, 0.25) is 5.91 Å². The Morgan fingerprint density at radius 3 is 3.03 bits per heavy atom. The number of aromatic nitrogens is 4. The van der Waals surface area contributed by atoms with Crippen LogP contribution >= 0.6 is 0 Å². The van der Waals surface area contributed by atoms with E-state index in [0.29, 0.717) is 31.7 Å². The molecule has 5 heterocycles. The number of rotatable bonds is 5. The molecule has 166 valence electrons. The lowest BCUT2D eigenvalue weighted by Gasteiger charge is -2.42. The summed E-state index contributed by atoms with van der Waals surface area (Å²) in [5.74, 6) is 0.279. The van der Waals surface area contributed by atoms with Gasteiger partial charge >= 0.3 is 0 Å². The highest BCUT2D eigenvalue weighted by Crippen LogP contribution is 2.59. The molecular weight excluding hydrogens is 410 g/mol. The molecule has 9 heteroatoms. The SMILES string of the molecule is CC(Oc1ccc2ncc3c(c2c1)CCOC3)c1cn(C23CC(C)(C2)OC3C(N)=O)nn1. The van der Waals surface area contributed by atoms with Gasteiger partial charge in [-0.25, -0.2) is 4.68 Å². The lowest BCUT2D eigenvalue weighted by molar-refractivity contribution is -0.130. The van der Waals surface area contributed by atoms with Crippen molar-refractivity contribution >= 4 is 16.8 Å². The fourth-order valence-electron chi connectivity index (χ4n) is 5.57. The summed E-state index contributed by atoms with van der Waals surface area (Å²) in [6, 6.07) is 5.94. The normalized spacial score (nSPS) is 29.4. The van der Waals surface area contributed by atoms with Crippen molar-refractivity contribution in [2.45, 2.75) is 63.1 Å². The van der Waals surface area contributed by atoms with Gasteiger partial charge in [0.15, 0.2) is 6.10 Å². The second-order valence-corrected chi connectivity index (χ2v) is 9.40. The number of nitrogens with zero attached hydrogens (tertiary/aromatic N) is 4. The molecule has 2 N–H and O–H groups in total. The number of benzene rings is 1. The molecule has 2 bridgehead atoms. The molecular formula is C23H25N5O4. The number of primary amides is 1. The lowest BCUT2D eigenvalue weighted by Crippen LogP contribution is -2.54. The fourth-order valence-corrected chi connectivity index (χ4v) is 5.57. The van der Waals surface area contributed by atoms with Crippen LogP contribution in [0.15, 0.2) is 30.6 Å². The number of carbonyl (C=O) groups is 1. The lowest BCUT2D eigenvalue weighted by atomic mass is 9.67. The molecule has 2 atom stereocenters. The van der Waals surface area contributed by atoms with E-state index in [2.05, 4.69) is 15.3 Å². The molecule has 2 aromatic heterocycles. The van der Waals surface area contributed by atoms with Crippen molar-refractivity contribution in [2.24, 2.45) is 5.73 Å². The molecule has 7 rings (SSSR count). The molecule has 4 aliphatic rings. The zero-order chi connectivity index (χ0) is 22.1. The molecule has 1 amide bonds. The Morgan fingerprint density at radius 1 is 1.38 bits per heavy atom. The zero-order valence-electron chi connectivity index (χ0n) is 18.1. The van der Waals surface area contributed by atoms with Crippen LogP contribution in [0.5, 0.6) is 5.75 Å². The second kappa shape index (κ2) is 6.73. The first-order valence-corrected chi connectivity index (χ1v) is 10.9. The van der Waals surface area contributed by atoms with Crippen molar-refractivity contribution in [3.8, 4) is 5.75 Å². The second-order valence-electron chi connectivity index (χ2n) is 9.40. The van der Waals surface area contributed by atoms with Crippen molar-refractivity contribution in [1.29, 1.82) is 0 Å². The van der Waals surface area contributed by atoms with Gasteiger partial charge in [0.25, 0.3) is 0 Å². The Balaban J connectivity index is 1.26. The number of carbonyl (C=O) groups excluding carboxylic acids is 1. The Bertz CT molecular complexity index is 1230. The van der Waals surface area contributed by atoms with Gasteiger partial charge in [-0.05, 0) is 49.6 Å². The molecule has 1 saturated carbocycles. The van der Waals surface area contributed by atoms with E-state index in [-0.39, 0.29) is 11.7 Å². The highest BCUT2D eigenvalue weighted by molar-refractivity contribution is 5.84. The smallest absolute Gasteiger partial charge is 0.249 e. The van der Waals surface area contributed by atoms with Gasteiger partial charge in [0, 0.05) is 24.4 Å². The molecule has 1 aromatic carbocycles. The van der Waals surface area contributed by atoms with Gasteiger partial charge in [-0.15, -0.1) is 5.10 Å². The predicted octanol–water partition coefficient (Wildman–Crippen LogP) is 2.17. The molecule has 9 nitrogen and oxygen atoms in total. The number of pyridine rings is 1. The van der Waals surface area contributed by atoms with Crippen LogP contribution < -0.4 is 10.5 Å². The van der Waals surface area contributed by atoms with Gasteiger partial charge in [-0.1, -0.05) is 5.21 Å².